The van der Waals surface area contributed by atoms with Crippen LogP contribution in [0.15, 0.2) is 40.1 Å². The Bertz CT molecular complexity index is 1340. The molecule has 4 aromatic rings. The van der Waals surface area contributed by atoms with Crippen LogP contribution >= 0.6 is 0 Å². The normalized spacial score (nSPS) is 11.4. The van der Waals surface area contributed by atoms with Crippen LogP contribution in [-0.4, -0.2) is 30.1 Å². The van der Waals surface area contributed by atoms with Gasteiger partial charge in [-0.15, -0.1) is 0 Å². The van der Waals surface area contributed by atoms with Gasteiger partial charge in [0.2, 0.25) is 0 Å². The van der Waals surface area contributed by atoms with Crippen molar-refractivity contribution in [1.82, 2.24) is 24.1 Å². The van der Waals surface area contributed by atoms with Gasteiger partial charge in [0.25, 0.3) is 5.56 Å². The molecule has 9 nitrogen and oxygen atoms in total. The summed E-state index contributed by atoms with van der Waals surface area (Å²) in [6, 6.07) is 7.73. The first kappa shape index (κ1) is 19.7. The number of hydrogen-bond donors (Lipinski definition) is 2. The van der Waals surface area contributed by atoms with E-state index in [9.17, 15) is 14.4 Å². The van der Waals surface area contributed by atoms with Crippen LogP contribution in [0.5, 0.6) is 0 Å². The summed E-state index contributed by atoms with van der Waals surface area (Å²) in [5, 5.41) is 0.976. The van der Waals surface area contributed by atoms with E-state index in [-0.39, 0.29) is 18.5 Å². The topological polar surface area (TPSA) is 115 Å². The summed E-state index contributed by atoms with van der Waals surface area (Å²) < 4.78 is 8.44. The molecule has 3 heterocycles. The molecule has 0 aliphatic rings. The molecule has 0 aliphatic heterocycles. The highest BCUT2D eigenvalue weighted by molar-refractivity contribution is 5.87. The van der Waals surface area contributed by atoms with Gasteiger partial charge in [-0.2, -0.15) is 0 Å². The molecule has 0 unspecified atom stereocenters. The molecule has 0 aliphatic carbocycles. The summed E-state index contributed by atoms with van der Waals surface area (Å²) in [4.78, 5) is 46.8. The summed E-state index contributed by atoms with van der Waals surface area (Å²) in [6.45, 7) is 2.39. The summed E-state index contributed by atoms with van der Waals surface area (Å²) in [6.07, 6.45) is 3.60. The van der Waals surface area contributed by atoms with Crippen molar-refractivity contribution in [2.45, 2.75) is 39.3 Å². The summed E-state index contributed by atoms with van der Waals surface area (Å²) in [5.41, 5.74) is 1.41. The predicted molar refractivity (Wildman–Crippen MR) is 112 cm³/mol. The number of esters is 1. The maximum absolute atomic E-state index is 12.4. The number of benzene rings is 1. The maximum atomic E-state index is 12.4. The fourth-order valence-electron chi connectivity index (χ4n) is 3.57. The molecule has 0 radical (unpaired) electrons. The zero-order valence-corrected chi connectivity index (χ0v) is 16.9. The zero-order chi connectivity index (χ0) is 21.3. The maximum Gasteiger partial charge on any atom is 0.330 e. The highest BCUT2D eigenvalue weighted by Crippen LogP contribution is 2.19. The van der Waals surface area contributed by atoms with Gasteiger partial charge in [0, 0.05) is 30.7 Å². The van der Waals surface area contributed by atoms with Gasteiger partial charge in [0.05, 0.1) is 6.42 Å². The van der Waals surface area contributed by atoms with Crippen LogP contribution in [0.3, 0.4) is 0 Å². The van der Waals surface area contributed by atoms with Gasteiger partial charge >= 0.3 is 11.7 Å². The molecule has 1 aromatic carbocycles. The fraction of sp³-hybridized carbons (Fsp3) is 0.333. The smallest absolute Gasteiger partial charge is 0.330 e. The molecule has 9 heteroatoms. The zero-order valence-electron chi connectivity index (χ0n) is 16.9. The number of H-pyrrole nitrogens is 2. The van der Waals surface area contributed by atoms with E-state index in [2.05, 4.69) is 15.0 Å². The van der Waals surface area contributed by atoms with Crippen molar-refractivity contribution >= 4 is 28.0 Å². The number of rotatable bonds is 7. The van der Waals surface area contributed by atoms with Gasteiger partial charge in [0.15, 0.2) is 11.2 Å². The van der Waals surface area contributed by atoms with E-state index < -0.39 is 17.2 Å². The number of aromatic amines is 2. The second-order valence-electron chi connectivity index (χ2n) is 7.22. The number of nitrogens with one attached hydrogen (secondary N) is 2. The number of hydrogen-bond acceptors (Lipinski definition) is 5. The lowest BCUT2D eigenvalue weighted by Gasteiger charge is -2.05. The molecule has 3 aromatic heterocycles. The lowest BCUT2D eigenvalue weighted by molar-refractivity contribution is -0.144. The van der Waals surface area contributed by atoms with Crippen molar-refractivity contribution < 1.29 is 9.53 Å². The minimum absolute atomic E-state index is 0.0895. The quantitative estimate of drug-likeness (QED) is 0.453. The summed E-state index contributed by atoms with van der Waals surface area (Å²) >= 11 is 0. The van der Waals surface area contributed by atoms with Gasteiger partial charge in [-0.25, -0.2) is 9.78 Å². The average Bonchev–Trinajstić information content (AvgIpc) is 3.28. The van der Waals surface area contributed by atoms with Crippen LogP contribution < -0.4 is 11.2 Å². The molecule has 0 spiro atoms. The third-order valence-corrected chi connectivity index (χ3v) is 5.21. The highest BCUT2D eigenvalue weighted by atomic mass is 16.5. The van der Waals surface area contributed by atoms with Crippen LogP contribution in [0.25, 0.3) is 22.1 Å². The minimum atomic E-state index is -0.505. The lowest BCUT2D eigenvalue weighted by Crippen LogP contribution is -2.31. The van der Waals surface area contributed by atoms with Crippen LogP contribution in [0, 0.1) is 0 Å². The largest absolute Gasteiger partial charge is 0.457 e. The standard InChI is InChI=1S/C21H23N5O4/c1-3-4-9-26-19-18(20(28)24-21(26)29)25(2)16(23-19)12-30-17(27)10-13-11-22-15-8-6-5-7-14(13)15/h5-8,11,22H,3-4,9-10,12H2,1-2H3,(H,24,28,29). The van der Waals surface area contributed by atoms with Gasteiger partial charge in [0.1, 0.15) is 12.4 Å². The number of unbranched alkanes of at least 4 members (excludes halogenated alkanes) is 1. The Morgan fingerprint density at radius 1 is 1.23 bits per heavy atom. The van der Waals surface area contributed by atoms with E-state index in [1.807, 2.05) is 31.2 Å². The molecule has 4 rings (SSSR count). The summed E-state index contributed by atoms with van der Waals surface area (Å²) in [7, 11) is 1.67. The Kier molecular flexibility index (Phi) is 5.26. The summed E-state index contributed by atoms with van der Waals surface area (Å²) in [5.74, 6) is 0.00252. The molecule has 0 bridgehead atoms. The SMILES string of the molecule is CCCCn1c(=O)[nH]c(=O)c2c1nc(COC(=O)Cc1c[nH]c3ccccc13)n2C. The number of ether oxygens (including phenoxy) is 1. The second kappa shape index (κ2) is 8.02. The molecule has 156 valence electrons. The van der Waals surface area contributed by atoms with E-state index in [0.717, 1.165) is 29.3 Å². The highest BCUT2D eigenvalue weighted by Gasteiger charge is 2.18. The number of fused-ring (bicyclic) bond motifs is 2. The first-order chi connectivity index (χ1) is 14.5. The fourth-order valence-corrected chi connectivity index (χ4v) is 3.57. The number of nitrogens with zero attached hydrogens (tertiary/aromatic N) is 3. The predicted octanol–water partition coefficient (Wildman–Crippen LogP) is 1.99. The molecule has 2 N–H and O–H groups in total. The number of carbonyl (C=O) groups excluding carboxylic acids is 1. The average molecular weight is 409 g/mol. The van der Waals surface area contributed by atoms with Crippen molar-refractivity contribution in [1.29, 1.82) is 0 Å². The van der Waals surface area contributed by atoms with Crippen molar-refractivity contribution in [3.63, 3.8) is 0 Å². The van der Waals surface area contributed by atoms with E-state index in [0.29, 0.717) is 18.0 Å². The molecule has 0 saturated heterocycles. The lowest BCUT2D eigenvalue weighted by atomic mass is 10.1. The second-order valence-corrected chi connectivity index (χ2v) is 7.22. The number of aryl methyl sites for hydroxylation is 2. The van der Waals surface area contributed by atoms with Crippen LogP contribution in [0.1, 0.15) is 31.2 Å². The van der Waals surface area contributed by atoms with Crippen LogP contribution in [-0.2, 0) is 36.2 Å². The Morgan fingerprint density at radius 2 is 2.03 bits per heavy atom. The molecule has 0 atom stereocenters. The Morgan fingerprint density at radius 3 is 2.83 bits per heavy atom. The number of aromatic nitrogens is 5. The Balaban J connectivity index is 1.56. The molecule has 0 fully saturated rings. The van der Waals surface area contributed by atoms with Gasteiger partial charge < -0.3 is 14.3 Å². The van der Waals surface area contributed by atoms with Crippen molar-refractivity contribution in [2.24, 2.45) is 7.05 Å². The van der Waals surface area contributed by atoms with E-state index in [1.54, 1.807) is 17.8 Å². The molecular formula is C21H23N5O4. The number of para-hydroxylation sites is 1. The first-order valence-corrected chi connectivity index (χ1v) is 9.88. The third kappa shape index (κ3) is 3.54. The van der Waals surface area contributed by atoms with E-state index >= 15 is 0 Å². The van der Waals surface area contributed by atoms with Crippen molar-refractivity contribution in [2.75, 3.05) is 0 Å². The van der Waals surface area contributed by atoms with Crippen LogP contribution in [0.4, 0.5) is 0 Å². The van der Waals surface area contributed by atoms with E-state index in [4.69, 9.17) is 4.74 Å². The molecule has 30 heavy (non-hydrogen) atoms. The third-order valence-electron chi connectivity index (χ3n) is 5.21. The Hall–Kier alpha value is -3.62. The molecule has 0 amide bonds. The monoisotopic (exact) mass is 409 g/mol. The molecular weight excluding hydrogens is 386 g/mol. The first-order valence-electron chi connectivity index (χ1n) is 9.88. The van der Waals surface area contributed by atoms with Crippen molar-refractivity contribution in [3.8, 4) is 0 Å². The minimum Gasteiger partial charge on any atom is -0.457 e. The van der Waals surface area contributed by atoms with Crippen molar-refractivity contribution in [3.05, 3.63) is 62.7 Å². The van der Waals surface area contributed by atoms with Crippen LogP contribution in [0.2, 0.25) is 0 Å². The number of carbonyl (C=O) groups is 1. The number of imidazole rings is 1. The van der Waals surface area contributed by atoms with Gasteiger partial charge in [-0.1, -0.05) is 31.5 Å². The molecule has 0 saturated carbocycles. The van der Waals surface area contributed by atoms with E-state index in [1.165, 1.54) is 4.57 Å². The Labute approximate surface area is 171 Å². The van der Waals surface area contributed by atoms with Gasteiger partial charge in [-0.3, -0.25) is 19.1 Å². The van der Waals surface area contributed by atoms with Gasteiger partial charge in [-0.05, 0) is 18.1 Å².